The maximum absolute atomic E-state index is 11.1. The summed E-state index contributed by atoms with van der Waals surface area (Å²) >= 11 is 3.37. The van der Waals surface area contributed by atoms with E-state index in [4.69, 9.17) is 4.42 Å². The van der Waals surface area contributed by atoms with E-state index in [1.807, 2.05) is 13.1 Å². The van der Waals surface area contributed by atoms with Crippen LogP contribution in [0, 0.1) is 0 Å². The summed E-state index contributed by atoms with van der Waals surface area (Å²) in [4.78, 5) is 11.1. The zero-order valence-corrected chi connectivity index (χ0v) is 11.5. The molecule has 0 spiro atoms. The largest absolute Gasteiger partial charge is 0.469 e. The van der Waals surface area contributed by atoms with Gasteiger partial charge in [0.15, 0.2) is 5.69 Å². The second-order valence-electron chi connectivity index (χ2n) is 3.44. The summed E-state index contributed by atoms with van der Waals surface area (Å²) in [5.41, 5.74) is 0.556. The maximum Gasteiger partial charge on any atom is 0.315 e. The van der Waals surface area contributed by atoms with Gasteiger partial charge in [-0.25, -0.2) is 0 Å². The van der Waals surface area contributed by atoms with Crippen LogP contribution in [0.15, 0.2) is 15.1 Å². The van der Waals surface area contributed by atoms with Crippen molar-refractivity contribution in [2.45, 2.75) is 19.9 Å². The van der Waals surface area contributed by atoms with Gasteiger partial charge in [0.2, 0.25) is 5.89 Å². The second-order valence-corrected chi connectivity index (χ2v) is 4.29. The molecule has 2 rings (SSSR count). The molecule has 2 aromatic heterocycles. The predicted octanol–water partition coefficient (Wildman–Crippen LogP) is 1.43. The first kappa shape index (κ1) is 12.7. The summed E-state index contributed by atoms with van der Waals surface area (Å²) in [5.74, 6) is 0.0473. The Labute approximate surface area is 111 Å². The van der Waals surface area contributed by atoms with Crippen molar-refractivity contribution in [3.63, 3.8) is 0 Å². The fraction of sp³-hybridized carbons (Fsp3) is 0.400. The molecule has 0 fully saturated rings. The number of aromatic nitrogens is 4. The third kappa shape index (κ3) is 2.58. The highest BCUT2D eigenvalue weighted by Gasteiger charge is 2.17. The van der Waals surface area contributed by atoms with Crippen LogP contribution >= 0.6 is 15.9 Å². The molecule has 8 heteroatoms. The van der Waals surface area contributed by atoms with Gasteiger partial charge in [0.25, 0.3) is 5.89 Å². The van der Waals surface area contributed by atoms with Crippen molar-refractivity contribution >= 4 is 21.9 Å². The molecule has 18 heavy (non-hydrogen) atoms. The van der Waals surface area contributed by atoms with Gasteiger partial charge in [0, 0.05) is 12.7 Å². The van der Waals surface area contributed by atoms with E-state index < -0.39 is 5.97 Å². The number of aryl methyl sites for hydroxylation is 1. The Hall–Kier alpha value is -1.70. The Balaban J connectivity index is 2.23. The third-order valence-electron chi connectivity index (χ3n) is 2.23. The van der Waals surface area contributed by atoms with Crippen LogP contribution in [0.3, 0.4) is 0 Å². The molecule has 0 aliphatic carbocycles. The van der Waals surface area contributed by atoms with E-state index in [0.717, 1.165) is 11.0 Å². The van der Waals surface area contributed by atoms with Crippen LogP contribution in [0.2, 0.25) is 0 Å². The molecule has 7 nitrogen and oxygen atoms in total. The topological polar surface area (TPSA) is 83.0 Å². The van der Waals surface area contributed by atoms with E-state index in [1.165, 1.54) is 7.11 Å². The Morgan fingerprint density at radius 1 is 1.56 bits per heavy atom. The molecule has 96 valence electrons. The van der Waals surface area contributed by atoms with Gasteiger partial charge in [-0.2, -0.15) is 5.10 Å². The van der Waals surface area contributed by atoms with Gasteiger partial charge in [0.05, 0.1) is 11.6 Å². The minimum atomic E-state index is -0.427. The molecule has 0 saturated heterocycles. The normalized spacial score (nSPS) is 10.6. The number of halogens is 1. The van der Waals surface area contributed by atoms with Gasteiger partial charge in [-0.1, -0.05) is 0 Å². The van der Waals surface area contributed by atoms with E-state index in [9.17, 15) is 4.79 Å². The Bertz CT molecular complexity index is 563. The first-order valence-corrected chi connectivity index (χ1v) is 6.05. The number of carbonyl (C=O) groups excluding carboxylic acids is 1. The lowest BCUT2D eigenvalue weighted by atomic mass is 10.4. The number of carbonyl (C=O) groups is 1. The monoisotopic (exact) mass is 314 g/mol. The van der Waals surface area contributed by atoms with Crippen molar-refractivity contribution in [3.05, 3.63) is 16.6 Å². The quantitative estimate of drug-likeness (QED) is 0.794. The van der Waals surface area contributed by atoms with Crippen LogP contribution in [0.4, 0.5) is 0 Å². The summed E-state index contributed by atoms with van der Waals surface area (Å²) < 4.78 is 12.4. The van der Waals surface area contributed by atoms with E-state index in [-0.39, 0.29) is 18.2 Å². The molecule has 0 amide bonds. The van der Waals surface area contributed by atoms with Crippen LogP contribution in [0.25, 0.3) is 11.6 Å². The van der Waals surface area contributed by atoms with Crippen molar-refractivity contribution in [2.24, 2.45) is 0 Å². The summed E-state index contributed by atoms with van der Waals surface area (Å²) in [6, 6.07) is 0. The summed E-state index contributed by atoms with van der Waals surface area (Å²) in [6.45, 7) is 2.71. The van der Waals surface area contributed by atoms with Crippen LogP contribution in [0.1, 0.15) is 12.8 Å². The average molecular weight is 315 g/mol. The number of methoxy groups -OCH3 is 1. The van der Waals surface area contributed by atoms with Crippen molar-refractivity contribution in [1.29, 1.82) is 0 Å². The van der Waals surface area contributed by atoms with Crippen molar-refractivity contribution in [1.82, 2.24) is 20.0 Å². The first-order chi connectivity index (χ1) is 8.63. The van der Waals surface area contributed by atoms with Crippen LogP contribution in [-0.4, -0.2) is 33.1 Å². The molecule has 2 heterocycles. The van der Waals surface area contributed by atoms with E-state index in [0.29, 0.717) is 5.69 Å². The number of hydrogen-bond acceptors (Lipinski definition) is 6. The molecule has 0 radical (unpaired) electrons. The predicted molar refractivity (Wildman–Crippen MR) is 64.6 cm³/mol. The van der Waals surface area contributed by atoms with E-state index in [1.54, 1.807) is 4.68 Å². The van der Waals surface area contributed by atoms with Crippen molar-refractivity contribution in [2.75, 3.05) is 7.11 Å². The molecule has 2 aromatic rings. The lowest BCUT2D eigenvalue weighted by Crippen LogP contribution is -2.04. The Morgan fingerprint density at radius 3 is 2.94 bits per heavy atom. The number of hydrogen-bond donors (Lipinski definition) is 0. The van der Waals surface area contributed by atoms with Gasteiger partial charge in [-0.3, -0.25) is 9.48 Å². The molecule has 0 aliphatic rings. The zero-order chi connectivity index (χ0) is 13.1. The van der Waals surface area contributed by atoms with E-state index in [2.05, 4.69) is 36.0 Å². The first-order valence-electron chi connectivity index (χ1n) is 5.26. The number of nitrogens with zero attached hydrogens (tertiary/aromatic N) is 4. The fourth-order valence-corrected chi connectivity index (χ4v) is 1.81. The summed E-state index contributed by atoms with van der Waals surface area (Å²) in [6.07, 6.45) is 1.77. The van der Waals surface area contributed by atoms with Gasteiger partial charge in [-0.15, -0.1) is 10.2 Å². The zero-order valence-electron chi connectivity index (χ0n) is 9.88. The van der Waals surface area contributed by atoms with E-state index >= 15 is 0 Å². The molecular formula is C10H11BrN4O3. The number of rotatable bonds is 4. The average Bonchev–Trinajstić information content (AvgIpc) is 2.95. The highest BCUT2D eigenvalue weighted by atomic mass is 79.9. The number of ether oxygens (including phenoxy) is 1. The van der Waals surface area contributed by atoms with Crippen molar-refractivity contribution < 1.29 is 13.9 Å². The molecule has 0 atom stereocenters. The van der Waals surface area contributed by atoms with Gasteiger partial charge >= 0.3 is 5.97 Å². The van der Waals surface area contributed by atoms with Gasteiger partial charge < -0.3 is 9.15 Å². The molecule has 0 aliphatic heterocycles. The molecular weight excluding hydrogens is 304 g/mol. The summed E-state index contributed by atoms with van der Waals surface area (Å²) in [5, 5.41) is 11.9. The SMILES string of the molecule is CCn1cc(Br)c(-c2nnc(CC(=O)OC)o2)n1. The molecule has 0 bridgehead atoms. The lowest BCUT2D eigenvalue weighted by Gasteiger charge is -1.93. The lowest BCUT2D eigenvalue weighted by molar-refractivity contribution is -0.140. The minimum Gasteiger partial charge on any atom is -0.469 e. The standard InChI is InChI=1S/C10H11BrN4O3/c1-3-15-5-6(11)9(14-15)10-13-12-7(18-10)4-8(16)17-2/h5H,3-4H2,1-2H3. The molecule has 0 aromatic carbocycles. The highest BCUT2D eigenvalue weighted by molar-refractivity contribution is 9.10. The molecule has 0 saturated carbocycles. The third-order valence-corrected chi connectivity index (χ3v) is 2.81. The Morgan fingerprint density at radius 2 is 2.33 bits per heavy atom. The van der Waals surface area contributed by atoms with Crippen molar-refractivity contribution in [3.8, 4) is 11.6 Å². The highest BCUT2D eigenvalue weighted by Crippen LogP contribution is 2.25. The summed E-state index contributed by atoms with van der Waals surface area (Å²) in [7, 11) is 1.30. The van der Waals surface area contributed by atoms with Crippen LogP contribution in [0.5, 0.6) is 0 Å². The fourth-order valence-electron chi connectivity index (χ4n) is 1.32. The second kappa shape index (κ2) is 5.30. The van der Waals surface area contributed by atoms with Gasteiger partial charge in [0.1, 0.15) is 6.42 Å². The molecule has 0 N–H and O–H groups in total. The number of esters is 1. The maximum atomic E-state index is 11.1. The minimum absolute atomic E-state index is 0.0460. The van der Waals surface area contributed by atoms with Crippen LogP contribution in [-0.2, 0) is 22.5 Å². The van der Waals surface area contributed by atoms with Gasteiger partial charge in [-0.05, 0) is 22.9 Å². The van der Waals surface area contributed by atoms with Crippen LogP contribution < -0.4 is 0 Å². The Kier molecular flexibility index (Phi) is 3.75. The molecule has 0 unspecified atom stereocenters. The smallest absolute Gasteiger partial charge is 0.315 e.